The van der Waals surface area contributed by atoms with Crippen LogP contribution in [0.15, 0.2) is 65.4 Å². The van der Waals surface area contributed by atoms with Gasteiger partial charge in [-0.2, -0.15) is 0 Å². The molecule has 0 bridgehead atoms. The predicted molar refractivity (Wildman–Crippen MR) is 82.8 cm³/mol. The van der Waals surface area contributed by atoms with Crippen molar-refractivity contribution in [2.24, 2.45) is 0 Å². The Morgan fingerprint density at radius 2 is 1.95 bits per heavy atom. The van der Waals surface area contributed by atoms with Crippen molar-refractivity contribution in [1.82, 2.24) is 0 Å². The van der Waals surface area contributed by atoms with E-state index in [1.54, 1.807) is 0 Å². The zero-order valence-corrected chi connectivity index (χ0v) is 13.4. The Labute approximate surface area is 120 Å². The molecule has 2 heteroatoms. The van der Waals surface area contributed by atoms with Crippen molar-refractivity contribution in [2.45, 2.75) is 18.6 Å². The molecule has 0 radical (unpaired) electrons. The van der Waals surface area contributed by atoms with Crippen LogP contribution in [-0.2, 0) is 0 Å². The van der Waals surface area contributed by atoms with Crippen molar-refractivity contribution in [2.75, 3.05) is 11.4 Å². The van der Waals surface area contributed by atoms with Crippen LogP contribution in [0.2, 0.25) is 4.75 Å². The predicted octanol–water partition coefficient (Wildman–Crippen LogP) is 3.75. The second-order valence-electron chi connectivity index (χ2n) is 5.16. The first-order valence-electron chi connectivity index (χ1n) is 6.72. The van der Waals surface area contributed by atoms with E-state index in [0.29, 0.717) is 0 Å². The molecule has 0 unspecified atom stereocenters. The van der Waals surface area contributed by atoms with E-state index in [2.05, 4.69) is 72.0 Å². The summed E-state index contributed by atoms with van der Waals surface area (Å²) >= 11 is -0.0783. The number of benzene rings is 1. The normalized spacial score (nSPS) is 16.6. The zero-order chi connectivity index (χ0) is 13.2. The third-order valence-corrected chi connectivity index (χ3v) is 5.38. The summed E-state index contributed by atoms with van der Waals surface area (Å²) in [6, 6.07) is 10.6. The van der Waals surface area contributed by atoms with Gasteiger partial charge >= 0.3 is 121 Å². The van der Waals surface area contributed by atoms with Crippen LogP contribution < -0.4 is 4.90 Å². The number of nitrogens with zero attached hydrogens (tertiary/aromatic N) is 1. The molecule has 2 aliphatic rings. The van der Waals surface area contributed by atoms with Gasteiger partial charge in [0.2, 0.25) is 0 Å². The molecule has 0 N–H and O–H groups in total. The summed E-state index contributed by atoms with van der Waals surface area (Å²) < 4.78 is 4.41. The molecule has 1 aromatic rings. The van der Waals surface area contributed by atoms with Gasteiger partial charge < -0.3 is 0 Å². The number of rotatable bonds is 1. The third kappa shape index (κ3) is 2.63. The Kier molecular flexibility index (Phi) is 3.50. The minimum atomic E-state index is -0.0783. The van der Waals surface area contributed by atoms with Gasteiger partial charge in [-0.3, -0.25) is 0 Å². The molecular formula is C17H17GeN. The van der Waals surface area contributed by atoms with Crippen LogP contribution >= 0.6 is 0 Å². The van der Waals surface area contributed by atoms with Gasteiger partial charge in [0, 0.05) is 0 Å². The summed E-state index contributed by atoms with van der Waals surface area (Å²) in [4.78, 5) is 2.37. The first kappa shape index (κ1) is 12.6. The van der Waals surface area contributed by atoms with Gasteiger partial charge in [0.1, 0.15) is 0 Å². The molecule has 94 valence electrons. The van der Waals surface area contributed by atoms with E-state index in [1.165, 1.54) is 22.5 Å². The molecule has 1 nitrogen and oxygen atoms in total. The summed E-state index contributed by atoms with van der Waals surface area (Å²) in [5.41, 5.74) is 5.26. The van der Waals surface area contributed by atoms with E-state index >= 15 is 0 Å². The van der Waals surface area contributed by atoms with Crippen LogP contribution in [0.1, 0.15) is 13.8 Å². The minimum absolute atomic E-state index is 0.0783. The molecule has 0 atom stereocenters. The third-order valence-electron chi connectivity index (χ3n) is 3.26. The van der Waals surface area contributed by atoms with Gasteiger partial charge in [-0.25, -0.2) is 0 Å². The Morgan fingerprint density at radius 1 is 1.16 bits per heavy atom. The average molecular weight is 308 g/mol. The fraction of sp³-hybridized carbons (Fsp3) is 0.235. The molecule has 1 heterocycles. The van der Waals surface area contributed by atoms with Crippen LogP contribution in [0.25, 0.3) is 0 Å². The van der Waals surface area contributed by atoms with Crippen molar-refractivity contribution in [3.8, 4) is 4.66 Å². The van der Waals surface area contributed by atoms with E-state index in [0.717, 1.165) is 11.3 Å². The van der Waals surface area contributed by atoms with Gasteiger partial charge in [0.05, 0.1) is 0 Å². The topological polar surface area (TPSA) is 3.24 Å². The fourth-order valence-electron chi connectivity index (χ4n) is 2.35. The van der Waals surface area contributed by atoms with Crippen molar-refractivity contribution >= 4 is 20.5 Å². The van der Waals surface area contributed by atoms with Crippen molar-refractivity contribution in [3.05, 3.63) is 65.4 Å². The monoisotopic (exact) mass is 309 g/mol. The van der Waals surface area contributed by atoms with Crippen molar-refractivity contribution in [3.63, 3.8) is 0 Å². The second kappa shape index (κ2) is 5.28. The van der Waals surface area contributed by atoms with Crippen LogP contribution in [0.5, 0.6) is 0 Å². The van der Waals surface area contributed by atoms with Crippen molar-refractivity contribution in [1.29, 1.82) is 0 Å². The number of fused-ring (bicyclic) bond motifs is 1. The Hall–Kier alpha value is -1.44. The number of para-hydroxylation sites is 1. The number of hydrogen-bond acceptors (Lipinski definition) is 1. The van der Waals surface area contributed by atoms with Crippen LogP contribution in [-0.4, -0.2) is 21.3 Å². The molecule has 1 aliphatic heterocycles. The molecule has 0 saturated carbocycles. The summed E-state index contributed by atoms with van der Waals surface area (Å²) in [6.07, 6.45) is 6.88. The Balaban J connectivity index is 1.87. The summed E-state index contributed by atoms with van der Waals surface area (Å²) in [7, 11) is 0. The van der Waals surface area contributed by atoms with E-state index < -0.39 is 0 Å². The number of allylic oxidation sites excluding steroid dienone is 3. The molecule has 3 rings (SSSR count). The number of anilines is 1. The second-order valence-corrected chi connectivity index (χ2v) is 8.71. The van der Waals surface area contributed by atoms with Crippen molar-refractivity contribution < 1.29 is 0 Å². The molecule has 19 heavy (non-hydrogen) atoms. The van der Waals surface area contributed by atoms with Gasteiger partial charge in [0.15, 0.2) is 0 Å². The van der Waals surface area contributed by atoms with Gasteiger partial charge in [-0.15, -0.1) is 0 Å². The van der Waals surface area contributed by atoms with E-state index in [1.807, 2.05) is 0 Å². The quantitative estimate of drug-likeness (QED) is 0.714. The summed E-state index contributed by atoms with van der Waals surface area (Å²) in [5, 5.41) is 0. The summed E-state index contributed by atoms with van der Waals surface area (Å²) in [5.74, 6) is 0. The molecule has 0 amide bonds. The Morgan fingerprint density at radius 3 is 2.68 bits per heavy atom. The molecule has 1 aliphatic carbocycles. The Bertz CT molecular complexity index is 639. The first-order valence-corrected chi connectivity index (χ1v) is 8.98. The fourth-order valence-corrected chi connectivity index (χ4v) is 3.61. The molecule has 0 fully saturated rings. The standard InChI is InChI=1S/C17H17GeN/c1-13(2)18-12-14-10-15-8-9-19(17(15)11-14)16-6-4-3-5-7-16/h3-8,10-11,13H,9H2,1-2H3. The van der Waals surface area contributed by atoms with E-state index in [4.69, 9.17) is 0 Å². The van der Waals surface area contributed by atoms with Crippen LogP contribution in [0.3, 0.4) is 0 Å². The van der Waals surface area contributed by atoms with E-state index in [-0.39, 0.29) is 14.8 Å². The molecule has 0 aromatic heterocycles. The maximum absolute atomic E-state index is 3.62. The number of hydrogen-bond donors (Lipinski definition) is 0. The molecule has 1 aromatic carbocycles. The van der Waals surface area contributed by atoms with Gasteiger partial charge in [-0.05, 0) is 0 Å². The molecule has 0 saturated heterocycles. The van der Waals surface area contributed by atoms with Gasteiger partial charge in [0.25, 0.3) is 0 Å². The van der Waals surface area contributed by atoms with E-state index in [9.17, 15) is 0 Å². The average Bonchev–Trinajstić information content (AvgIpc) is 2.96. The SMILES string of the molecule is C[CH](C)[Ge]#[C]C1=CC2=CCN(c3ccccc3)C2=C1. The zero-order valence-electron chi connectivity index (χ0n) is 11.4. The maximum atomic E-state index is 3.62. The first-order chi connectivity index (χ1) is 9.24. The van der Waals surface area contributed by atoms with Crippen LogP contribution in [0, 0.1) is 4.66 Å². The van der Waals surface area contributed by atoms with Gasteiger partial charge in [-0.1, -0.05) is 0 Å². The summed E-state index contributed by atoms with van der Waals surface area (Å²) in [6.45, 7) is 5.55. The molecular weight excluding hydrogens is 291 g/mol. The molecule has 0 spiro atoms. The van der Waals surface area contributed by atoms with Crippen LogP contribution in [0.4, 0.5) is 5.69 Å².